The van der Waals surface area contributed by atoms with Crippen molar-refractivity contribution in [3.8, 4) is 0 Å². The average molecular weight is 248 g/mol. The van der Waals surface area contributed by atoms with Crippen LogP contribution < -0.4 is 10.6 Å². The van der Waals surface area contributed by atoms with E-state index in [-0.39, 0.29) is 0 Å². The first-order chi connectivity index (χ1) is 8.23. The minimum atomic E-state index is 0.303. The van der Waals surface area contributed by atoms with Gasteiger partial charge in [-0.15, -0.1) is 0 Å². The molecule has 0 fully saturated rings. The van der Waals surface area contributed by atoms with E-state index in [1.54, 1.807) is 0 Å². The predicted octanol–water partition coefficient (Wildman–Crippen LogP) is 3.50. The summed E-state index contributed by atoms with van der Waals surface area (Å²) in [7, 11) is 2.15. The maximum absolute atomic E-state index is 5.95. The zero-order valence-electron chi connectivity index (χ0n) is 12.7. The van der Waals surface area contributed by atoms with Gasteiger partial charge < -0.3 is 10.6 Å². The molecule has 1 unspecified atom stereocenters. The zero-order chi connectivity index (χ0) is 13.9. The summed E-state index contributed by atoms with van der Waals surface area (Å²) >= 11 is 0. The van der Waals surface area contributed by atoms with Gasteiger partial charge in [0.2, 0.25) is 0 Å². The van der Waals surface area contributed by atoms with Crippen LogP contribution in [-0.2, 0) is 0 Å². The van der Waals surface area contributed by atoms with Crippen LogP contribution in [0.3, 0.4) is 0 Å². The number of rotatable bonds is 4. The van der Waals surface area contributed by atoms with Crippen LogP contribution in [-0.4, -0.2) is 19.6 Å². The molecule has 0 aromatic heterocycles. The molecule has 18 heavy (non-hydrogen) atoms. The van der Waals surface area contributed by atoms with Crippen molar-refractivity contribution in [2.75, 3.05) is 18.5 Å². The average Bonchev–Trinajstić information content (AvgIpc) is 2.22. The number of nitrogens with zero attached hydrogens (tertiary/aromatic N) is 1. The highest BCUT2D eigenvalue weighted by atomic mass is 15.1. The van der Waals surface area contributed by atoms with Crippen molar-refractivity contribution in [1.29, 1.82) is 0 Å². The molecule has 1 atom stereocenters. The maximum atomic E-state index is 5.95. The van der Waals surface area contributed by atoms with Gasteiger partial charge in [-0.3, -0.25) is 0 Å². The van der Waals surface area contributed by atoms with E-state index in [2.05, 4.69) is 64.8 Å². The Morgan fingerprint density at radius 2 is 1.61 bits per heavy atom. The highest BCUT2D eigenvalue weighted by molar-refractivity contribution is 5.51. The van der Waals surface area contributed by atoms with Gasteiger partial charge in [-0.25, -0.2) is 0 Å². The summed E-state index contributed by atoms with van der Waals surface area (Å²) in [6.45, 7) is 11.8. The molecule has 0 aliphatic heterocycles. The normalized spacial score (nSPS) is 13.5. The lowest BCUT2D eigenvalue weighted by molar-refractivity contribution is 0.336. The Hall–Kier alpha value is -1.02. The fraction of sp³-hybridized carbons (Fsp3) is 0.625. The molecule has 0 aliphatic carbocycles. The summed E-state index contributed by atoms with van der Waals surface area (Å²) in [4.78, 5) is 2.32. The van der Waals surface area contributed by atoms with Crippen LogP contribution in [0.5, 0.6) is 0 Å². The van der Waals surface area contributed by atoms with E-state index >= 15 is 0 Å². The van der Waals surface area contributed by atoms with Crippen molar-refractivity contribution >= 4 is 5.69 Å². The summed E-state index contributed by atoms with van der Waals surface area (Å²) in [6, 6.07) is 7.07. The molecule has 1 aromatic rings. The molecular weight excluding hydrogens is 220 g/mol. The van der Waals surface area contributed by atoms with Crippen LogP contribution in [0.1, 0.15) is 38.3 Å². The molecule has 102 valence electrons. The monoisotopic (exact) mass is 248 g/mol. The van der Waals surface area contributed by atoms with Gasteiger partial charge in [-0.05, 0) is 48.9 Å². The van der Waals surface area contributed by atoms with Crippen molar-refractivity contribution in [2.24, 2.45) is 11.1 Å². The standard InChI is InChI=1S/C16H28N2/c1-12-7-13(2)9-14(8-12)18(6)15(11-17)10-16(3,4)5/h7-9,15H,10-11,17H2,1-6H3. The molecule has 0 heterocycles. The SMILES string of the molecule is Cc1cc(C)cc(N(C)C(CN)CC(C)(C)C)c1. The first-order valence-corrected chi connectivity index (χ1v) is 6.74. The van der Waals surface area contributed by atoms with Crippen molar-refractivity contribution in [2.45, 2.75) is 47.1 Å². The fourth-order valence-corrected chi connectivity index (χ4v) is 2.45. The van der Waals surface area contributed by atoms with Gasteiger partial charge in [-0.2, -0.15) is 0 Å². The van der Waals surface area contributed by atoms with Crippen molar-refractivity contribution < 1.29 is 0 Å². The van der Waals surface area contributed by atoms with Crippen molar-refractivity contribution in [3.05, 3.63) is 29.3 Å². The molecule has 0 amide bonds. The van der Waals surface area contributed by atoms with Crippen LogP contribution in [0.15, 0.2) is 18.2 Å². The molecule has 0 saturated heterocycles. The molecule has 2 heteroatoms. The smallest absolute Gasteiger partial charge is 0.0414 e. The lowest BCUT2D eigenvalue weighted by Crippen LogP contribution is -2.40. The Labute approximate surface area is 112 Å². The Kier molecular flexibility index (Phi) is 4.80. The van der Waals surface area contributed by atoms with Gasteiger partial charge >= 0.3 is 0 Å². The van der Waals surface area contributed by atoms with Gasteiger partial charge in [0.1, 0.15) is 0 Å². The Balaban J connectivity index is 2.92. The van der Waals surface area contributed by atoms with Crippen molar-refractivity contribution in [3.63, 3.8) is 0 Å². The van der Waals surface area contributed by atoms with Crippen molar-refractivity contribution in [1.82, 2.24) is 0 Å². The lowest BCUT2D eigenvalue weighted by atomic mass is 9.87. The second kappa shape index (κ2) is 5.75. The molecule has 0 saturated carbocycles. The van der Waals surface area contributed by atoms with E-state index in [0.29, 0.717) is 18.0 Å². The second-order valence-electron chi connectivity index (χ2n) is 6.61. The number of anilines is 1. The third-order valence-corrected chi connectivity index (χ3v) is 3.28. The van der Waals surface area contributed by atoms with Crippen LogP contribution in [0.2, 0.25) is 0 Å². The molecule has 2 nitrogen and oxygen atoms in total. The number of nitrogens with two attached hydrogens (primary N) is 1. The largest absolute Gasteiger partial charge is 0.370 e. The lowest BCUT2D eigenvalue weighted by Gasteiger charge is -2.34. The summed E-state index contributed by atoms with van der Waals surface area (Å²) in [5, 5.41) is 0. The number of hydrogen-bond acceptors (Lipinski definition) is 2. The second-order valence-corrected chi connectivity index (χ2v) is 6.61. The first kappa shape index (κ1) is 15.0. The summed E-state index contributed by atoms with van der Waals surface area (Å²) in [6.07, 6.45) is 1.10. The predicted molar refractivity (Wildman–Crippen MR) is 81.2 cm³/mol. The number of benzene rings is 1. The Morgan fingerprint density at radius 1 is 1.11 bits per heavy atom. The third-order valence-electron chi connectivity index (χ3n) is 3.28. The van der Waals surface area contributed by atoms with Crippen LogP contribution in [0.25, 0.3) is 0 Å². The van der Waals surface area contributed by atoms with Gasteiger partial charge in [0.25, 0.3) is 0 Å². The number of likely N-dealkylation sites (N-methyl/N-ethyl adjacent to an activating group) is 1. The maximum Gasteiger partial charge on any atom is 0.0414 e. The third kappa shape index (κ3) is 4.34. The van der Waals surface area contributed by atoms with E-state index in [0.717, 1.165) is 6.42 Å². The van der Waals surface area contributed by atoms with E-state index in [4.69, 9.17) is 5.73 Å². The quantitative estimate of drug-likeness (QED) is 0.883. The molecule has 1 rings (SSSR count). The highest BCUT2D eigenvalue weighted by Gasteiger charge is 2.21. The molecule has 2 N–H and O–H groups in total. The summed E-state index contributed by atoms with van der Waals surface area (Å²) < 4.78 is 0. The van der Waals surface area contributed by atoms with E-state index in [9.17, 15) is 0 Å². The van der Waals surface area contributed by atoms with Crippen LogP contribution in [0, 0.1) is 19.3 Å². The highest BCUT2D eigenvalue weighted by Crippen LogP contribution is 2.26. The van der Waals surface area contributed by atoms with E-state index in [1.807, 2.05) is 0 Å². The van der Waals surface area contributed by atoms with Gasteiger partial charge in [0.15, 0.2) is 0 Å². The Morgan fingerprint density at radius 3 is 2.00 bits per heavy atom. The minimum absolute atomic E-state index is 0.303. The number of aryl methyl sites for hydroxylation is 2. The summed E-state index contributed by atoms with van der Waals surface area (Å²) in [5.74, 6) is 0. The molecule has 0 spiro atoms. The summed E-state index contributed by atoms with van der Waals surface area (Å²) in [5.41, 5.74) is 10.1. The first-order valence-electron chi connectivity index (χ1n) is 6.74. The number of hydrogen-bond donors (Lipinski definition) is 1. The van der Waals surface area contributed by atoms with E-state index in [1.165, 1.54) is 16.8 Å². The van der Waals surface area contributed by atoms with Crippen LogP contribution in [0.4, 0.5) is 5.69 Å². The molecular formula is C16H28N2. The molecule has 0 radical (unpaired) electrons. The fourth-order valence-electron chi connectivity index (χ4n) is 2.45. The minimum Gasteiger partial charge on any atom is -0.370 e. The topological polar surface area (TPSA) is 29.3 Å². The van der Waals surface area contributed by atoms with Gasteiger partial charge in [-0.1, -0.05) is 26.8 Å². The van der Waals surface area contributed by atoms with Gasteiger partial charge in [0.05, 0.1) is 0 Å². The van der Waals surface area contributed by atoms with Crippen LogP contribution >= 0.6 is 0 Å². The van der Waals surface area contributed by atoms with E-state index < -0.39 is 0 Å². The zero-order valence-corrected chi connectivity index (χ0v) is 12.7. The molecule has 1 aromatic carbocycles. The van der Waals surface area contributed by atoms with Gasteiger partial charge in [0, 0.05) is 25.3 Å². The molecule has 0 bridgehead atoms. The molecule has 0 aliphatic rings. The Bertz CT molecular complexity index is 370.